The summed E-state index contributed by atoms with van der Waals surface area (Å²) in [7, 11) is 0. The van der Waals surface area contributed by atoms with E-state index in [4.69, 9.17) is 0 Å². The Balaban J connectivity index is 0.00000306. The third kappa shape index (κ3) is 4.68. The van der Waals surface area contributed by atoms with Crippen molar-refractivity contribution in [2.24, 2.45) is 5.92 Å². The highest BCUT2D eigenvalue weighted by Crippen LogP contribution is 2.36. The van der Waals surface area contributed by atoms with Crippen molar-refractivity contribution in [1.29, 1.82) is 0 Å². The highest BCUT2D eigenvalue weighted by Gasteiger charge is 2.45. The van der Waals surface area contributed by atoms with E-state index >= 15 is 0 Å². The second kappa shape index (κ2) is 10.3. The summed E-state index contributed by atoms with van der Waals surface area (Å²) in [6.45, 7) is 5.82. The molecule has 2 N–H and O–H groups in total. The monoisotopic (exact) mass is 478 g/mol. The Kier molecular flexibility index (Phi) is 7.90. The van der Waals surface area contributed by atoms with Crippen molar-refractivity contribution in [3.63, 3.8) is 0 Å². The van der Waals surface area contributed by atoms with Crippen molar-refractivity contribution < 1.29 is 14.7 Å². The fourth-order valence-corrected chi connectivity index (χ4v) is 5.54. The average molecular weight is 479 g/mol. The summed E-state index contributed by atoms with van der Waals surface area (Å²) < 4.78 is 2.87. The molecular weight excluding hydrogens is 444 g/mol. The predicted octanol–water partition coefficient (Wildman–Crippen LogP) is 3.86. The van der Waals surface area contributed by atoms with Crippen molar-refractivity contribution in [3.8, 4) is 0 Å². The minimum Gasteiger partial charge on any atom is -0.480 e. The molecule has 1 aliphatic heterocycles. The first-order chi connectivity index (χ1) is 15.3. The van der Waals surface area contributed by atoms with Crippen LogP contribution in [0.2, 0.25) is 0 Å². The zero-order valence-electron chi connectivity index (χ0n) is 19.5. The van der Waals surface area contributed by atoms with Gasteiger partial charge in [0.1, 0.15) is 5.54 Å². The second-order valence-electron chi connectivity index (χ2n) is 9.58. The fraction of sp³-hybridized carbons (Fsp3) is 0.625. The van der Waals surface area contributed by atoms with Gasteiger partial charge < -0.3 is 10.4 Å². The molecule has 33 heavy (non-hydrogen) atoms. The smallest absolute Gasteiger partial charge is 0.337 e. The number of carbonyl (C=O) groups is 2. The number of hydrogen-bond acceptors (Lipinski definition) is 4. The Hall–Kier alpha value is -2.32. The number of halogens is 1. The number of aliphatic carboxylic acids is 1. The van der Waals surface area contributed by atoms with Gasteiger partial charge in [-0.1, -0.05) is 31.4 Å². The van der Waals surface area contributed by atoms with Crippen molar-refractivity contribution in [2.75, 3.05) is 19.6 Å². The van der Waals surface area contributed by atoms with Crippen molar-refractivity contribution in [1.82, 2.24) is 19.4 Å². The highest BCUT2D eigenvalue weighted by molar-refractivity contribution is 5.89. The predicted molar refractivity (Wildman–Crippen MR) is 130 cm³/mol. The first-order valence-electron chi connectivity index (χ1n) is 11.8. The maximum Gasteiger partial charge on any atom is 0.337 e. The Bertz CT molecular complexity index is 1050. The topological polar surface area (TPSA) is 96.6 Å². The first-order valence-corrected chi connectivity index (χ1v) is 11.8. The van der Waals surface area contributed by atoms with E-state index in [1.807, 2.05) is 32.0 Å². The third-order valence-electron chi connectivity index (χ3n) is 7.34. The lowest BCUT2D eigenvalue weighted by molar-refractivity contribution is -0.155. The lowest BCUT2D eigenvalue weighted by Gasteiger charge is -2.46. The molecule has 182 valence electrons. The number of aromatic nitrogens is 2. The van der Waals surface area contributed by atoms with Crippen LogP contribution < -0.4 is 11.0 Å². The molecule has 0 radical (unpaired) electrons. The molecule has 2 fully saturated rings. The van der Waals surface area contributed by atoms with Gasteiger partial charge in [-0.25, -0.2) is 14.2 Å². The SMILES string of the molecule is CC(C)n1c(=O)n(C(=O)NCC2CCN(C3(C(=O)O)CCCCC3)CC2)c2ccccc21.Cl. The van der Waals surface area contributed by atoms with Gasteiger partial charge in [-0.05, 0) is 70.7 Å². The van der Waals surface area contributed by atoms with E-state index in [2.05, 4.69) is 10.2 Å². The molecule has 2 aliphatic rings. The van der Waals surface area contributed by atoms with Crippen LogP contribution in [-0.4, -0.2) is 56.3 Å². The molecule has 8 nitrogen and oxygen atoms in total. The number of carboxylic acid groups (broad SMARTS) is 1. The summed E-state index contributed by atoms with van der Waals surface area (Å²) in [5, 5.41) is 12.9. The highest BCUT2D eigenvalue weighted by atomic mass is 35.5. The van der Waals surface area contributed by atoms with Gasteiger partial charge in [-0.2, -0.15) is 0 Å². The standard InChI is InChI=1S/C24H34N4O4.ClH/c1-17(2)27-19-8-4-5-9-20(19)28(23(27)32)22(31)25-16-18-10-14-26(15-11-18)24(21(29)30)12-6-3-7-13-24;/h4-5,8-9,17-18H,3,6-7,10-16H2,1-2H3,(H,25,31)(H,29,30);1H. The molecule has 1 saturated carbocycles. The lowest BCUT2D eigenvalue weighted by Crippen LogP contribution is -2.58. The Morgan fingerprint density at radius 1 is 1.09 bits per heavy atom. The Morgan fingerprint density at radius 3 is 2.27 bits per heavy atom. The van der Waals surface area contributed by atoms with E-state index in [0.717, 1.165) is 63.6 Å². The number of carboxylic acids is 1. The van der Waals surface area contributed by atoms with Gasteiger partial charge >= 0.3 is 17.7 Å². The van der Waals surface area contributed by atoms with Crippen molar-refractivity contribution in [2.45, 2.75) is 70.4 Å². The number of nitrogens with one attached hydrogen (secondary N) is 1. The van der Waals surface area contributed by atoms with Gasteiger partial charge in [0.15, 0.2) is 0 Å². The van der Waals surface area contributed by atoms with E-state index in [9.17, 15) is 19.5 Å². The summed E-state index contributed by atoms with van der Waals surface area (Å²) >= 11 is 0. The number of nitrogens with zero attached hydrogens (tertiary/aromatic N) is 3. The molecule has 0 unspecified atom stereocenters. The number of likely N-dealkylation sites (tertiary alicyclic amines) is 1. The molecule has 4 rings (SSSR count). The van der Waals surface area contributed by atoms with Gasteiger partial charge in [0.2, 0.25) is 0 Å². The number of hydrogen-bond donors (Lipinski definition) is 2. The molecule has 0 atom stereocenters. The van der Waals surface area contributed by atoms with Gasteiger partial charge in [0.25, 0.3) is 0 Å². The Morgan fingerprint density at radius 2 is 1.70 bits per heavy atom. The molecular formula is C24H35ClN4O4. The molecule has 1 saturated heterocycles. The maximum absolute atomic E-state index is 13.0. The molecule has 2 aromatic rings. The van der Waals surface area contributed by atoms with E-state index in [-0.39, 0.29) is 30.1 Å². The number of fused-ring (bicyclic) bond motifs is 1. The van der Waals surface area contributed by atoms with Gasteiger partial charge in [0, 0.05) is 12.6 Å². The Labute approximate surface area is 200 Å². The molecule has 0 bridgehead atoms. The van der Waals surface area contributed by atoms with Crippen LogP contribution in [0.3, 0.4) is 0 Å². The van der Waals surface area contributed by atoms with Crippen LogP contribution >= 0.6 is 12.4 Å². The molecule has 1 amide bonds. The summed E-state index contributed by atoms with van der Waals surface area (Å²) in [5.74, 6) is -0.413. The van der Waals surface area contributed by atoms with Crippen LogP contribution in [0, 0.1) is 5.92 Å². The lowest BCUT2D eigenvalue weighted by atomic mass is 9.78. The number of amides is 1. The van der Waals surface area contributed by atoms with E-state index in [0.29, 0.717) is 12.1 Å². The molecule has 9 heteroatoms. The maximum atomic E-state index is 13.0. The summed E-state index contributed by atoms with van der Waals surface area (Å²) in [6.07, 6.45) is 6.21. The number of imidazole rings is 1. The zero-order chi connectivity index (χ0) is 22.9. The van der Waals surface area contributed by atoms with Crippen molar-refractivity contribution in [3.05, 3.63) is 34.7 Å². The number of carbonyl (C=O) groups excluding carboxylic acids is 1. The normalized spacial score (nSPS) is 19.4. The largest absolute Gasteiger partial charge is 0.480 e. The number of benzene rings is 1. The van der Waals surface area contributed by atoms with Crippen LogP contribution in [0.4, 0.5) is 4.79 Å². The van der Waals surface area contributed by atoms with Crippen LogP contribution in [-0.2, 0) is 4.79 Å². The average Bonchev–Trinajstić information content (AvgIpc) is 3.10. The van der Waals surface area contributed by atoms with Crippen LogP contribution in [0.25, 0.3) is 11.0 Å². The minimum atomic E-state index is -0.710. The van der Waals surface area contributed by atoms with Gasteiger partial charge in [-0.3, -0.25) is 14.3 Å². The van der Waals surface area contributed by atoms with Crippen LogP contribution in [0.15, 0.2) is 29.1 Å². The summed E-state index contributed by atoms with van der Waals surface area (Å²) in [4.78, 5) is 40.1. The fourth-order valence-electron chi connectivity index (χ4n) is 5.54. The van der Waals surface area contributed by atoms with E-state index in [1.54, 1.807) is 10.6 Å². The number of piperidine rings is 1. The molecule has 1 aromatic heterocycles. The zero-order valence-corrected chi connectivity index (χ0v) is 20.3. The van der Waals surface area contributed by atoms with E-state index < -0.39 is 17.5 Å². The third-order valence-corrected chi connectivity index (χ3v) is 7.34. The van der Waals surface area contributed by atoms with E-state index in [1.165, 1.54) is 4.57 Å². The van der Waals surface area contributed by atoms with Crippen molar-refractivity contribution >= 4 is 35.4 Å². The summed E-state index contributed by atoms with van der Waals surface area (Å²) in [5.41, 5.74) is 0.328. The molecule has 1 aromatic carbocycles. The summed E-state index contributed by atoms with van der Waals surface area (Å²) in [6, 6.07) is 6.90. The molecule has 0 spiro atoms. The first kappa shape index (κ1) is 25.3. The molecule has 2 heterocycles. The number of para-hydroxylation sites is 2. The minimum absolute atomic E-state index is 0. The second-order valence-corrected chi connectivity index (χ2v) is 9.58. The van der Waals surface area contributed by atoms with Gasteiger partial charge in [-0.15, -0.1) is 12.4 Å². The van der Waals surface area contributed by atoms with Crippen LogP contribution in [0.5, 0.6) is 0 Å². The van der Waals surface area contributed by atoms with Crippen LogP contribution in [0.1, 0.15) is 64.8 Å². The number of rotatable bonds is 5. The van der Waals surface area contributed by atoms with Gasteiger partial charge in [0.05, 0.1) is 11.0 Å². The quantitative estimate of drug-likeness (QED) is 0.680. The molecule has 1 aliphatic carbocycles.